The highest BCUT2D eigenvalue weighted by molar-refractivity contribution is 6.13. The molecule has 0 saturated carbocycles. The van der Waals surface area contributed by atoms with Crippen LogP contribution in [0.4, 0.5) is 0 Å². The maximum Gasteiger partial charge on any atom is 0.220 e. The number of furan rings is 1. The molecule has 11 aromatic rings. The lowest BCUT2D eigenvalue weighted by Gasteiger charge is -2.09. The molecule has 0 spiro atoms. The van der Waals surface area contributed by atoms with E-state index in [4.69, 9.17) is 24.4 Å². The zero-order valence-electron chi connectivity index (χ0n) is 29.4. The fourth-order valence-electron chi connectivity index (χ4n) is 7.72. The van der Waals surface area contributed by atoms with Crippen molar-refractivity contribution < 1.29 is 4.42 Å². The predicted octanol–water partition coefficient (Wildman–Crippen LogP) is 11.7. The number of aromatic nitrogens is 6. The van der Waals surface area contributed by atoms with Crippen LogP contribution in [-0.2, 0) is 0 Å². The van der Waals surface area contributed by atoms with Crippen LogP contribution in [0.25, 0.3) is 101 Å². The van der Waals surface area contributed by atoms with Crippen LogP contribution < -0.4 is 0 Å². The van der Waals surface area contributed by atoms with Gasteiger partial charge in [-0.2, -0.15) is 0 Å². The Morgan fingerprint density at radius 2 is 1.00 bits per heavy atom. The standard InChI is InChI=1S/C48H30N6O/c1-5-16-31(17-6-1)44-43(49-48-53(35-22-11-4-12-23-35)38-25-13-14-26-39(38)54(44)48)34-28-29-40-37(30-34)42-36(24-15-27-41(42)55-40)47-51-45(32-18-7-2-8-19-32)50-46(52-47)33-20-9-3-10-21-33/h1-30H. The van der Waals surface area contributed by atoms with Crippen molar-refractivity contribution in [3.05, 3.63) is 182 Å². The third-order valence-electron chi connectivity index (χ3n) is 10.2. The first-order valence-electron chi connectivity index (χ1n) is 18.2. The molecule has 0 N–H and O–H groups in total. The van der Waals surface area contributed by atoms with E-state index in [2.05, 4.69) is 106 Å². The van der Waals surface area contributed by atoms with E-state index >= 15 is 0 Å². The number of hydrogen-bond donors (Lipinski definition) is 0. The molecule has 0 fully saturated rings. The van der Waals surface area contributed by atoms with E-state index in [0.717, 1.165) is 83.6 Å². The van der Waals surface area contributed by atoms with E-state index in [1.54, 1.807) is 0 Å². The van der Waals surface area contributed by atoms with Gasteiger partial charge in [0.25, 0.3) is 0 Å². The predicted molar refractivity (Wildman–Crippen MR) is 220 cm³/mol. The van der Waals surface area contributed by atoms with Crippen LogP contribution in [0, 0.1) is 0 Å². The highest BCUT2D eigenvalue weighted by Gasteiger charge is 2.24. The minimum absolute atomic E-state index is 0.576. The first-order valence-corrected chi connectivity index (χ1v) is 18.2. The van der Waals surface area contributed by atoms with Crippen molar-refractivity contribution in [2.45, 2.75) is 0 Å². The van der Waals surface area contributed by atoms with Crippen molar-refractivity contribution in [3.63, 3.8) is 0 Å². The number of imidazole rings is 2. The molecule has 4 aromatic heterocycles. The van der Waals surface area contributed by atoms with Gasteiger partial charge in [-0.25, -0.2) is 19.9 Å². The van der Waals surface area contributed by atoms with Crippen LogP contribution in [-0.4, -0.2) is 28.9 Å². The van der Waals surface area contributed by atoms with Gasteiger partial charge in [0.15, 0.2) is 17.5 Å². The molecule has 7 aromatic carbocycles. The van der Waals surface area contributed by atoms with Crippen LogP contribution in [0.2, 0.25) is 0 Å². The van der Waals surface area contributed by atoms with Crippen molar-refractivity contribution >= 4 is 38.7 Å². The second-order valence-electron chi connectivity index (χ2n) is 13.5. The number of nitrogens with zero attached hydrogens (tertiary/aromatic N) is 6. The summed E-state index contributed by atoms with van der Waals surface area (Å²) in [5.41, 5.74) is 11.4. The monoisotopic (exact) mass is 706 g/mol. The smallest absolute Gasteiger partial charge is 0.220 e. The number of benzene rings is 7. The van der Waals surface area contributed by atoms with E-state index in [1.807, 2.05) is 84.9 Å². The molecule has 0 bridgehead atoms. The molecule has 0 saturated heterocycles. The summed E-state index contributed by atoms with van der Waals surface area (Å²) in [5.74, 6) is 2.63. The maximum absolute atomic E-state index is 6.53. The van der Waals surface area contributed by atoms with Gasteiger partial charge >= 0.3 is 0 Å². The number of hydrogen-bond acceptors (Lipinski definition) is 5. The molecule has 7 nitrogen and oxygen atoms in total. The Morgan fingerprint density at radius 1 is 0.418 bits per heavy atom. The van der Waals surface area contributed by atoms with Gasteiger partial charge in [-0.15, -0.1) is 0 Å². The van der Waals surface area contributed by atoms with Gasteiger partial charge in [0.05, 0.1) is 22.4 Å². The largest absolute Gasteiger partial charge is 0.456 e. The van der Waals surface area contributed by atoms with Crippen molar-refractivity contribution in [3.8, 4) is 62.4 Å². The third kappa shape index (κ3) is 5.05. The molecule has 7 heteroatoms. The second-order valence-corrected chi connectivity index (χ2v) is 13.5. The van der Waals surface area contributed by atoms with Gasteiger partial charge in [-0.1, -0.05) is 133 Å². The van der Waals surface area contributed by atoms with Gasteiger partial charge in [0.1, 0.15) is 11.2 Å². The lowest BCUT2D eigenvalue weighted by atomic mass is 10.0. The summed E-state index contributed by atoms with van der Waals surface area (Å²) in [6.07, 6.45) is 0. The summed E-state index contributed by atoms with van der Waals surface area (Å²) in [5, 5.41) is 1.89. The Bertz CT molecular complexity index is 3130. The summed E-state index contributed by atoms with van der Waals surface area (Å²) >= 11 is 0. The lowest BCUT2D eigenvalue weighted by Crippen LogP contribution is -2.00. The average molecular weight is 707 g/mol. The number of rotatable bonds is 6. The summed E-state index contributed by atoms with van der Waals surface area (Å²) < 4.78 is 11.1. The number of fused-ring (bicyclic) bond motifs is 6. The minimum Gasteiger partial charge on any atom is -0.456 e. The molecule has 0 radical (unpaired) electrons. The van der Waals surface area contributed by atoms with E-state index in [9.17, 15) is 0 Å². The van der Waals surface area contributed by atoms with E-state index in [1.165, 1.54) is 0 Å². The first-order chi connectivity index (χ1) is 27.3. The summed E-state index contributed by atoms with van der Waals surface area (Å²) in [6, 6.07) is 62.0. The maximum atomic E-state index is 6.53. The van der Waals surface area contributed by atoms with Gasteiger partial charge in [0.2, 0.25) is 5.78 Å². The molecule has 0 aliphatic carbocycles. The molecular formula is C48H30N6O. The van der Waals surface area contributed by atoms with Crippen LogP contribution in [0.3, 0.4) is 0 Å². The van der Waals surface area contributed by atoms with Crippen molar-refractivity contribution in [2.24, 2.45) is 0 Å². The molecule has 11 rings (SSSR count). The molecular weight excluding hydrogens is 677 g/mol. The molecule has 0 amide bonds. The molecule has 0 aliphatic heterocycles. The second kappa shape index (κ2) is 12.5. The van der Waals surface area contributed by atoms with E-state index in [-0.39, 0.29) is 0 Å². The Labute approximate surface area is 315 Å². The Kier molecular flexibility index (Phi) is 7.03. The van der Waals surface area contributed by atoms with Gasteiger partial charge in [-0.05, 0) is 48.5 Å². The molecule has 4 heterocycles. The van der Waals surface area contributed by atoms with Crippen molar-refractivity contribution in [1.29, 1.82) is 0 Å². The third-order valence-corrected chi connectivity index (χ3v) is 10.2. The van der Waals surface area contributed by atoms with Crippen LogP contribution in [0.15, 0.2) is 186 Å². The molecule has 55 heavy (non-hydrogen) atoms. The number of para-hydroxylation sites is 3. The van der Waals surface area contributed by atoms with Gasteiger partial charge in [-0.3, -0.25) is 8.97 Å². The summed E-state index contributed by atoms with van der Waals surface area (Å²) in [7, 11) is 0. The quantitative estimate of drug-likeness (QED) is 0.172. The minimum atomic E-state index is 0.576. The van der Waals surface area contributed by atoms with Crippen molar-refractivity contribution in [1.82, 2.24) is 28.9 Å². The fourth-order valence-corrected chi connectivity index (χ4v) is 7.72. The van der Waals surface area contributed by atoms with E-state index in [0.29, 0.717) is 17.5 Å². The highest BCUT2D eigenvalue weighted by Crippen LogP contribution is 2.42. The summed E-state index contributed by atoms with van der Waals surface area (Å²) in [6.45, 7) is 0. The summed E-state index contributed by atoms with van der Waals surface area (Å²) in [4.78, 5) is 20.6. The van der Waals surface area contributed by atoms with Crippen molar-refractivity contribution in [2.75, 3.05) is 0 Å². The molecule has 258 valence electrons. The van der Waals surface area contributed by atoms with Crippen LogP contribution in [0.5, 0.6) is 0 Å². The lowest BCUT2D eigenvalue weighted by molar-refractivity contribution is 0.669. The first kappa shape index (κ1) is 30.9. The highest BCUT2D eigenvalue weighted by atomic mass is 16.3. The average Bonchev–Trinajstić information content (AvgIpc) is 3.93. The van der Waals surface area contributed by atoms with Gasteiger partial charge in [0, 0.05) is 44.3 Å². The van der Waals surface area contributed by atoms with Crippen LogP contribution >= 0.6 is 0 Å². The fraction of sp³-hybridized carbons (Fsp3) is 0. The van der Waals surface area contributed by atoms with Gasteiger partial charge < -0.3 is 4.42 Å². The normalized spacial score (nSPS) is 11.6. The van der Waals surface area contributed by atoms with Crippen LogP contribution in [0.1, 0.15) is 0 Å². The molecule has 0 aliphatic rings. The Balaban J connectivity index is 1.17. The SMILES string of the molecule is c1ccc(-c2nc(-c3ccccc3)nc(-c3cccc4oc5ccc(-c6nc7n(-c8ccccc8)c8ccccc8n7c6-c6ccccc6)cc5c34)n2)cc1. The molecule has 0 atom stereocenters. The topological polar surface area (TPSA) is 74.0 Å². The zero-order chi connectivity index (χ0) is 36.3. The van der Waals surface area contributed by atoms with E-state index < -0.39 is 0 Å². The Hall–Kier alpha value is -7.64. The Morgan fingerprint density at radius 3 is 1.67 bits per heavy atom. The zero-order valence-corrected chi connectivity index (χ0v) is 29.4. The molecule has 0 unspecified atom stereocenters.